The number of halogens is 2. The minimum atomic E-state index is -5.72. The van der Waals surface area contributed by atoms with Gasteiger partial charge in [-0.15, -0.1) is 0 Å². The van der Waals surface area contributed by atoms with Gasteiger partial charge in [0.1, 0.15) is 5.60 Å². The quantitative estimate of drug-likeness (QED) is 0.287. The van der Waals surface area contributed by atoms with Crippen LogP contribution in [0, 0.1) is 0 Å². The van der Waals surface area contributed by atoms with Gasteiger partial charge in [-0.25, -0.2) is 13.2 Å². The molecule has 0 spiro atoms. The van der Waals surface area contributed by atoms with Crippen molar-refractivity contribution in [1.82, 2.24) is 0 Å². The van der Waals surface area contributed by atoms with E-state index in [9.17, 15) is 26.5 Å². The van der Waals surface area contributed by atoms with Crippen LogP contribution in [0.4, 0.5) is 8.78 Å². The molecule has 1 saturated carbocycles. The zero-order valence-electron chi connectivity index (χ0n) is 13.0. The Bertz CT molecular complexity index is 537. The van der Waals surface area contributed by atoms with Gasteiger partial charge < -0.3 is 14.0 Å². The average molecular weight is 355 g/mol. The second-order valence-electron chi connectivity index (χ2n) is 5.90. The van der Waals surface area contributed by atoms with Gasteiger partial charge in [0, 0.05) is 6.42 Å². The molecule has 1 aliphatic carbocycles. The van der Waals surface area contributed by atoms with Crippen LogP contribution in [-0.2, 0) is 24.4 Å². The maximum Gasteiger partial charge on any atom is 0.336 e. The molecular formula is C14H21F2O6S-. The summed E-state index contributed by atoms with van der Waals surface area (Å²) in [5, 5.41) is -4.40. The van der Waals surface area contributed by atoms with Crippen LogP contribution in [0.5, 0.6) is 0 Å². The molecule has 0 aromatic heterocycles. The normalized spacial score (nSPS) is 18.4. The van der Waals surface area contributed by atoms with Crippen molar-refractivity contribution in [3.8, 4) is 0 Å². The second-order valence-corrected chi connectivity index (χ2v) is 7.40. The van der Waals surface area contributed by atoms with Crippen molar-refractivity contribution in [3.05, 3.63) is 12.2 Å². The zero-order valence-corrected chi connectivity index (χ0v) is 13.8. The average Bonchev–Trinajstić information content (AvgIpc) is 2.42. The molecule has 0 saturated heterocycles. The van der Waals surface area contributed by atoms with Crippen molar-refractivity contribution in [2.75, 3.05) is 13.2 Å². The van der Waals surface area contributed by atoms with Crippen LogP contribution in [0.1, 0.15) is 45.4 Å². The Morgan fingerprint density at radius 3 is 2.39 bits per heavy atom. The molecule has 0 amide bonds. The smallest absolute Gasteiger partial charge is 0.336 e. The highest BCUT2D eigenvalue weighted by atomic mass is 32.2. The highest BCUT2D eigenvalue weighted by Crippen LogP contribution is 2.31. The highest BCUT2D eigenvalue weighted by Gasteiger charge is 2.37. The van der Waals surface area contributed by atoms with E-state index < -0.39 is 40.0 Å². The zero-order chi connectivity index (χ0) is 17.7. The fourth-order valence-corrected chi connectivity index (χ4v) is 2.60. The molecule has 23 heavy (non-hydrogen) atoms. The van der Waals surface area contributed by atoms with Crippen molar-refractivity contribution < 1.29 is 36.0 Å². The minimum Gasteiger partial charge on any atom is -0.743 e. The first-order valence-corrected chi connectivity index (χ1v) is 8.70. The van der Waals surface area contributed by atoms with E-state index in [1.807, 2.05) is 6.92 Å². The summed E-state index contributed by atoms with van der Waals surface area (Å²) in [4.78, 5) is 11.9. The van der Waals surface area contributed by atoms with Crippen LogP contribution in [-0.4, -0.2) is 43.0 Å². The molecule has 0 aliphatic heterocycles. The molecule has 1 aliphatic rings. The van der Waals surface area contributed by atoms with Gasteiger partial charge in [-0.2, -0.15) is 8.78 Å². The Morgan fingerprint density at radius 1 is 1.30 bits per heavy atom. The Kier molecular flexibility index (Phi) is 6.67. The minimum absolute atomic E-state index is 0.0508. The summed E-state index contributed by atoms with van der Waals surface area (Å²) in [6.45, 7) is 4.23. The van der Waals surface area contributed by atoms with E-state index in [1.54, 1.807) is 0 Å². The Labute approximate surface area is 134 Å². The third kappa shape index (κ3) is 6.15. The largest absolute Gasteiger partial charge is 0.743 e. The lowest BCUT2D eigenvalue weighted by Crippen LogP contribution is -2.35. The molecule has 0 N–H and O–H groups in total. The van der Waals surface area contributed by atoms with Gasteiger partial charge in [-0.3, -0.25) is 0 Å². The van der Waals surface area contributed by atoms with Crippen LogP contribution in [0.15, 0.2) is 12.2 Å². The molecule has 6 nitrogen and oxygen atoms in total. The van der Waals surface area contributed by atoms with Gasteiger partial charge in [0.15, 0.2) is 10.1 Å². The second kappa shape index (κ2) is 7.67. The number of carbonyl (C=O) groups excluding carboxylic acids is 1. The molecule has 0 radical (unpaired) electrons. The van der Waals surface area contributed by atoms with E-state index >= 15 is 0 Å². The molecule has 1 rings (SSSR count). The lowest BCUT2D eigenvalue weighted by Gasteiger charge is -2.33. The topological polar surface area (TPSA) is 92.7 Å². The van der Waals surface area contributed by atoms with E-state index in [-0.39, 0.29) is 12.2 Å². The third-order valence-electron chi connectivity index (χ3n) is 3.72. The van der Waals surface area contributed by atoms with Crippen molar-refractivity contribution in [1.29, 1.82) is 0 Å². The van der Waals surface area contributed by atoms with Gasteiger partial charge in [0.05, 0.1) is 18.8 Å². The number of alkyl halides is 2. The molecule has 0 heterocycles. The molecule has 0 aromatic carbocycles. The Balaban J connectivity index is 2.35. The molecule has 0 bridgehead atoms. The number of hydrogen-bond acceptors (Lipinski definition) is 6. The van der Waals surface area contributed by atoms with Gasteiger partial charge in [0.25, 0.3) is 0 Å². The summed E-state index contributed by atoms with van der Waals surface area (Å²) in [6, 6.07) is 0. The number of esters is 1. The van der Waals surface area contributed by atoms with Gasteiger partial charge in [-0.1, -0.05) is 13.0 Å². The summed E-state index contributed by atoms with van der Waals surface area (Å²) < 4.78 is 66.8. The van der Waals surface area contributed by atoms with Crippen LogP contribution in [0.2, 0.25) is 0 Å². The predicted octanol–water partition coefficient (Wildman–Crippen LogP) is 2.35. The predicted molar refractivity (Wildman–Crippen MR) is 76.8 cm³/mol. The summed E-state index contributed by atoms with van der Waals surface area (Å²) in [5.41, 5.74) is -0.604. The van der Waals surface area contributed by atoms with Gasteiger partial charge in [-0.05, 0) is 32.6 Å². The van der Waals surface area contributed by atoms with E-state index in [2.05, 4.69) is 6.58 Å². The van der Waals surface area contributed by atoms with Crippen LogP contribution in [0.25, 0.3) is 0 Å². The fourth-order valence-electron chi connectivity index (χ4n) is 2.27. The van der Waals surface area contributed by atoms with E-state index in [0.29, 0.717) is 0 Å². The van der Waals surface area contributed by atoms with Crippen molar-refractivity contribution in [2.45, 2.75) is 56.3 Å². The SMILES string of the molecule is C=C(COCCC(F)(F)S(=O)(=O)[O-])C(=O)OC1(C)CCCCC1. The molecule has 1 fully saturated rings. The number of hydrogen-bond donors (Lipinski definition) is 0. The fraction of sp³-hybridized carbons (Fsp3) is 0.786. The lowest BCUT2D eigenvalue weighted by molar-refractivity contribution is -0.156. The van der Waals surface area contributed by atoms with Crippen LogP contribution in [0.3, 0.4) is 0 Å². The third-order valence-corrected chi connectivity index (χ3v) is 4.65. The lowest BCUT2D eigenvalue weighted by atomic mass is 9.86. The maximum absolute atomic E-state index is 12.9. The number of carbonyl (C=O) groups is 1. The summed E-state index contributed by atoms with van der Waals surface area (Å²) in [7, 11) is -5.72. The highest BCUT2D eigenvalue weighted by molar-refractivity contribution is 7.86. The van der Waals surface area contributed by atoms with Crippen molar-refractivity contribution >= 4 is 16.1 Å². The first kappa shape index (κ1) is 20.0. The molecule has 0 atom stereocenters. The van der Waals surface area contributed by atoms with Crippen molar-refractivity contribution in [3.63, 3.8) is 0 Å². The summed E-state index contributed by atoms with van der Waals surface area (Å²) >= 11 is 0. The van der Waals surface area contributed by atoms with Crippen LogP contribution >= 0.6 is 0 Å². The summed E-state index contributed by atoms with van der Waals surface area (Å²) in [6.07, 6.45) is 3.24. The Hall–Kier alpha value is -1.06. The van der Waals surface area contributed by atoms with E-state index in [4.69, 9.17) is 9.47 Å². The maximum atomic E-state index is 12.9. The van der Waals surface area contributed by atoms with E-state index in [1.165, 1.54) is 0 Å². The van der Waals surface area contributed by atoms with Gasteiger partial charge >= 0.3 is 11.2 Å². The van der Waals surface area contributed by atoms with Crippen LogP contribution < -0.4 is 0 Å². The standard InChI is InChI=1S/C14H22F2O6S/c1-11(10-21-9-8-14(15,16)23(18,19)20)12(17)22-13(2)6-4-3-5-7-13/h1,3-10H2,2H3,(H,18,19,20)/p-1. The monoisotopic (exact) mass is 355 g/mol. The molecule has 9 heteroatoms. The van der Waals surface area contributed by atoms with Gasteiger partial charge in [0.2, 0.25) is 0 Å². The molecule has 0 unspecified atom stereocenters. The summed E-state index contributed by atoms with van der Waals surface area (Å²) in [5.74, 6) is -0.669. The molecule has 134 valence electrons. The van der Waals surface area contributed by atoms with E-state index in [0.717, 1.165) is 32.1 Å². The number of rotatable bonds is 8. The molecule has 0 aromatic rings. The first-order chi connectivity index (χ1) is 10.5. The Morgan fingerprint density at radius 2 is 1.87 bits per heavy atom. The number of ether oxygens (including phenoxy) is 2. The molecular weight excluding hydrogens is 334 g/mol. The van der Waals surface area contributed by atoms with Crippen molar-refractivity contribution in [2.24, 2.45) is 0 Å². The first-order valence-electron chi connectivity index (χ1n) is 7.29.